The monoisotopic (exact) mass is 387 g/mol. The Kier molecular flexibility index (Phi) is 6.49. The van der Waals surface area contributed by atoms with Gasteiger partial charge in [-0.3, -0.25) is 0 Å². The smallest absolute Gasteiger partial charge is 0.317 e. The van der Waals surface area contributed by atoms with Gasteiger partial charge in [0.2, 0.25) is 0 Å². The van der Waals surface area contributed by atoms with Crippen LogP contribution in [-0.4, -0.2) is 37.1 Å². The maximum Gasteiger partial charge on any atom is 0.317 e. The third-order valence-electron chi connectivity index (χ3n) is 5.44. The largest absolute Gasteiger partial charge is 0.371 e. The highest BCUT2D eigenvalue weighted by Crippen LogP contribution is 2.24. The molecule has 2 aromatic rings. The summed E-state index contributed by atoms with van der Waals surface area (Å²) in [6.07, 6.45) is 0.983. The second-order valence-corrected chi connectivity index (χ2v) is 7.28. The van der Waals surface area contributed by atoms with Crippen LogP contribution in [0.15, 0.2) is 48.5 Å². The van der Waals surface area contributed by atoms with E-state index in [2.05, 4.69) is 10.2 Å². The molecule has 1 heterocycles. The Labute approximate surface area is 165 Å². The maximum absolute atomic E-state index is 13.1. The standard InChI is InChI=1S/C22H27F2N3O/c1-3-27(16(2)18-4-6-19(23)7-5-18)22(28)25-14-17-12-13-26(15-17)21-10-8-20(24)9-11-21/h4-11,16-17H,3,12-15H2,1-2H3,(H,25,28). The lowest BCUT2D eigenvalue weighted by Gasteiger charge is -2.29. The van der Waals surface area contributed by atoms with Crippen LogP contribution in [0.25, 0.3) is 0 Å². The molecule has 1 N–H and O–H groups in total. The third kappa shape index (κ3) is 4.80. The number of rotatable bonds is 6. The van der Waals surface area contributed by atoms with Gasteiger partial charge in [0, 0.05) is 31.9 Å². The summed E-state index contributed by atoms with van der Waals surface area (Å²) in [5.74, 6) is -0.161. The number of benzene rings is 2. The Morgan fingerprint density at radius 1 is 1.14 bits per heavy atom. The molecule has 0 bridgehead atoms. The molecule has 3 rings (SSSR count). The van der Waals surface area contributed by atoms with Crippen LogP contribution in [0.2, 0.25) is 0 Å². The highest BCUT2D eigenvalue weighted by Gasteiger charge is 2.25. The third-order valence-corrected chi connectivity index (χ3v) is 5.44. The molecule has 2 unspecified atom stereocenters. The van der Waals surface area contributed by atoms with Crippen LogP contribution in [0.5, 0.6) is 0 Å². The lowest BCUT2D eigenvalue weighted by Crippen LogP contribution is -2.43. The van der Waals surface area contributed by atoms with Gasteiger partial charge in [0.25, 0.3) is 0 Å². The molecule has 2 aromatic carbocycles. The predicted molar refractivity (Wildman–Crippen MR) is 107 cm³/mol. The summed E-state index contributed by atoms with van der Waals surface area (Å²) in [7, 11) is 0. The molecule has 4 nitrogen and oxygen atoms in total. The molecule has 1 saturated heterocycles. The Morgan fingerprint density at radius 3 is 2.36 bits per heavy atom. The van der Waals surface area contributed by atoms with Crippen LogP contribution in [0.4, 0.5) is 19.3 Å². The van der Waals surface area contributed by atoms with Crippen LogP contribution >= 0.6 is 0 Å². The van der Waals surface area contributed by atoms with E-state index in [-0.39, 0.29) is 23.7 Å². The van der Waals surface area contributed by atoms with E-state index in [1.807, 2.05) is 13.8 Å². The molecule has 6 heteroatoms. The van der Waals surface area contributed by atoms with Crippen molar-refractivity contribution in [1.29, 1.82) is 0 Å². The van der Waals surface area contributed by atoms with E-state index < -0.39 is 0 Å². The van der Waals surface area contributed by atoms with Gasteiger partial charge in [-0.15, -0.1) is 0 Å². The first-order valence-corrected chi connectivity index (χ1v) is 9.78. The van der Waals surface area contributed by atoms with Crippen molar-refractivity contribution >= 4 is 11.7 Å². The van der Waals surface area contributed by atoms with Crippen LogP contribution in [0.3, 0.4) is 0 Å². The van der Waals surface area contributed by atoms with Gasteiger partial charge in [-0.05, 0) is 68.1 Å². The average molecular weight is 387 g/mol. The summed E-state index contributed by atoms with van der Waals surface area (Å²) in [6, 6.07) is 12.5. The molecule has 0 aromatic heterocycles. The number of nitrogens with one attached hydrogen (secondary N) is 1. The lowest BCUT2D eigenvalue weighted by molar-refractivity contribution is 0.181. The molecule has 0 spiro atoms. The van der Waals surface area contributed by atoms with E-state index in [1.54, 1.807) is 29.2 Å². The van der Waals surface area contributed by atoms with Gasteiger partial charge in [-0.25, -0.2) is 13.6 Å². The zero-order chi connectivity index (χ0) is 20.1. The number of halogens is 2. The quantitative estimate of drug-likeness (QED) is 0.787. The maximum atomic E-state index is 13.1. The molecule has 1 aliphatic heterocycles. The Hall–Kier alpha value is -2.63. The number of urea groups is 1. The second kappa shape index (κ2) is 9.04. The van der Waals surface area contributed by atoms with Crippen LogP contribution in [-0.2, 0) is 0 Å². The molecular formula is C22H27F2N3O. The summed E-state index contributed by atoms with van der Waals surface area (Å²) in [5.41, 5.74) is 1.91. The number of carbonyl (C=O) groups is 1. The van der Waals surface area contributed by atoms with Crippen molar-refractivity contribution in [2.45, 2.75) is 26.3 Å². The lowest BCUT2D eigenvalue weighted by atomic mass is 10.1. The molecule has 1 aliphatic rings. The Bertz CT molecular complexity index is 779. The molecule has 2 amide bonds. The fraction of sp³-hybridized carbons (Fsp3) is 0.409. The molecule has 0 aliphatic carbocycles. The number of nitrogens with zero attached hydrogens (tertiary/aromatic N) is 2. The minimum Gasteiger partial charge on any atom is -0.371 e. The first-order valence-electron chi connectivity index (χ1n) is 9.78. The zero-order valence-corrected chi connectivity index (χ0v) is 16.4. The molecule has 1 fully saturated rings. The number of anilines is 1. The minimum absolute atomic E-state index is 0.112. The van der Waals surface area contributed by atoms with Gasteiger partial charge in [-0.1, -0.05) is 12.1 Å². The highest BCUT2D eigenvalue weighted by molar-refractivity contribution is 5.74. The SMILES string of the molecule is CCN(C(=O)NCC1CCN(c2ccc(F)cc2)C1)C(C)c1ccc(F)cc1. The average Bonchev–Trinajstić information content (AvgIpc) is 3.17. The van der Waals surface area contributed by atoms with Crippen LogP contribution in [0, 0.1) is 17.6 Å². The fourth-order valence-corrected chi connectivity index (χ4v) is 3.73. The first-order chi connectivity index (χ1) is 13.5. The van der Waals surface area contributed by atoms with Crippen LogP contribution in [0.1, 0.15) is 31.9 Å². The number of amides is 2. The summed E-state index contributed by atoms with van der Waals surface area (Å²) in [6.45, 7) is 6.79. The van der Waals surface area contributed by atoms with Gasteiger partial charge in [-0.2, -0.15) is 0 Å². The molecule has 2 atom stereocenters. The zero-order valence-electron chi connectivity index (χ0n) is 16.4. The van der Waals surface area contributed by atoms with Crippen molar-refractivity contribution in [2.24, 2.45) is 5.92 Å². The Balaban J connectivity index is 1.52. The fourth-order valence-electron chi connectivity index (χ4n) is 3.73. The van der Waals surface area contributed by atoms with Crippen LogP contribution < -0.4 is 10.2 Å². The Morgan fingerprint density at radius 2 is 1.75 bits per heavy atom. The van der Waals surface area contributed by atoms with E-state index in [1.165, 1.54) is 24.3 Å². The van der Waals surface area contributed by atoms with E-state index in [0.29, 0.717) is 19.0 Å². The summed E-state index contributed by atoms with van der Waals surface area (Å²) in [5, 5.41) is 3.05. The highest BCUT2D eigenvalue weighted by atomic mass is 19.1. The molecule has 28 heavy (non-hydrogen) atoms. The number of carbonyl (C=O) groups excluding carboxylic acids is 1. The van der Waals surface area contributed by atoms with E-state index >= 15 is 0 Å². The normalized spacial score (nSPS) is 17.4. The molecular weight excluding hydrogens is 360 g/mol. The molecule has 0 saturated carbocycles. The summed E-state index contributed by atoms with van der Waals surface area (Å²) in [4.78, 5) is 16.7. The van der Waals surface area contributed by atoms with Gasteiger partial charge in [0.1, 0.15) is 11.6 Å². The van der Waals surface area contributed by atoms with Crippen molar-refractivity contribution in [1.82, 2.24) is 10.2 Å². The van der Waals surface area contributed by atoms with Gasteiger partial charge < -0.3 is 15.1 Å². The van der Waals surface area contributed by atoms with Crippen molar-refractivity contribution in [2.75, 3.05) is 31.1 Å². The second-order valence-electron chi connectivity index (χ2n) is 7.28. The number of hydrogen-bond donors (Lipinski definition) is 1. The molecule has 0 radical (unpaired) electrons. The minimum atomic E-state index is -0.282. The van der Waals surface area contributed by atoms with Crippen molar-refractivity contribution in [3.8, 4) is 0 Å². The van der Waals surface area contributed by atoms with E-state index in [4.69, 9.17) is 0 Å². The summed E-state index contributed by atoms with van der Waals surface area (Å²) < 4.78 is 26.2. The van der Waals surface area contributed by atoms with Crippen molar-refractivity contribution in [3.63, 3.8) is 0 Å². The van der Waals surface area contributed by atoms with Crippen molar-refractivity contribution < 1.29 is 13.6 Å². The van der Waals surface area contributed by atoms with Gasteiger partial charge >= 0.3 is 6.03 Å². The van der Waals surface area contributed by atoms with Crippen molar-refractivity contribution in [3.05, 3.63) is 65.7 Å². The predicted octanol–water partition coefficient (Wildman–Crippen LogP) is 4.58. The topological polar surface area (TPSA) is 35.6 Å². The summed E-state index contributed by atoms with van der Waals surface area (Å²) >= 11 is 0. The van der Waals surface area contributed by atoms with Gasteiger partial charge in [0.05, 0.1) is 6.04 Å². The number of hydrogen-bond acceptors (Lipinski definition) is 2. The first kappa shape index (κ1) is 20.1. The van der Waals surface area contributed by atoms with E-state index in [0.717, 1.165) is 30.8 Å². The van der Waals surface area contributed by atoms with E-state index in [9.17, 15) is 13.6 Å². The van der Waals surface area contributed by atoms with Gasteiger partial charge in [0.15, 0.2) is 0 Å². The molecule has 150 valence electrons.